The van der Waals surface area contributed by atoms with Crippen molar-refractivity contribution in [2.45, 2.75) is 55.1 Å². The fraction of sp³-hybridized carbons (Fsp3) is 0.750. The van der Waals surface area contributed by atoms with E-state index in [0.29, 0.717) is 0 Å². The molecule has 0 radical (unpaired) electrons. The van der Waals surface area contributed by atoms with Gasteiger partial charge in [-0.15, -0.1) is 0 Å². The van der Waals surface area contributed by atoms with Gasteiger partial charge in [0.1, 0.15) is 47.6 Å². The van der Waals surface area contributed by atoms with Crippen molar-refractivity contribution >= 4 is 11.8 Å². The lowest BCUT2D eigenvalue weighted by molar-refractivity contribution is -0.342. The Morgan fingerprint density at radius 2 is 1.89 bits per heavy atom. The number of carbonyl (C=O) groups excluding carboxylic acids is 2. The zero-order valence-electron chi connectivity index (χ0n) is 14.7. The smallest absolute Gasteiger partial charge is 0.339 e. The standard InChI is InChI=1S/C16H22O12/c1-25-13(23)5-4-26-14(8-9(19)6(18)2-16(5,8)24)28-15-12(22)11(21)10(20)7(3-17)27-15/h4,6-8,10-12,14-15,17-18,20-22,24H,2-3H2,1H3. The molecule has 9 unspecified atom stereocenters. The molecule has 1 aliphatic carbocycles. The Morgan fingerprint density at radius 1 is 1.21 bits per heavy atom. The Balaban J connectivity index is 1.87. The Morgan fingerprint density at radius 3 is 2.50 bits per heavy atom. The number of aliphatic hydroxyl groups is 6. The Bertz CT molecular complexity index is 662. The lowest BCUT2D eigenvalue weighted by atomic mass is 9.81. The van der Waals surface area contributed by atoms with Gasteiger partial charge in [0, 0.05) is 6.42 Å². The Labute approximate surface area is 158 Å². The molecule has 9 atom stereocenters. The highest BCUT2D eigenvalue weighted by atomic mass is 16.8. The van der Waals surface area contributed by atoms with E-state index >= 15 is 0 Å². The van der Waals surface area contributed by atoms with Crippen LogP contribution in [0.1, 0.15) is 6.42 Å². The fourth-order valence-corrected chi connectivity index (χ4v) is 3.67. The van der Waals surface area contributed by atoms with Gasteiger partial charge in [0.15, 0.2) is 12.1 Å². The molecule has 12 heteroatoms. The summed E-state index contributed by atoms with van der Waals surface area (Å²) in [5, 5.41) is 59.8. The number of methoxy groups -OCH3 is 1. The summed E-state index contributed by atoms with van der Waals surface area (Å²) in [7, 11) is 1.06. The van der Waals surface area contributed by atoms with E-state index in [4.69, 9.17) is 14.2 Å². The Hall–Kier alpha value is -1.64. The second-order valence-electron chi connectivity index (χ2n) is 6.89. The lowest BCUT2D eigenvalue weighted by Gasteiger charge is -2.43. The summed E-state index contributed by atoms with van der Waals surface area (Å²) in [5.74, 6) is -3.40. The molecule has 1 saturated carbocycles. The number of Topliss-reactive ketones (excluding diaryl/α,β-unsaturated/α-hetero) is 1. The highest BCUT2D eigenvalue weighted by Crippen LogP contribution is 2.45. The minimum atomic E-state index is -2.15. The summed E-state index contributed by atoms with van der Waals surface area (Å²) in [6.45, 7) is -0.701. The minimum Gasteiger partial charge on any atom is -0.471 e. The van der Waals surface area contributed by atoms with Gasteiger partial charge in [-0.1, -0.05) is 0 Å². The predicted octanol–water partition coefficient (Wildman–Crippen LogP) is -4.10. The minimum absolute atomic E-state index is 0.390. The van der Waals surface area contributed by atoms with Crippen molar-refractivity contribution in [1.29, 1.82) is 0 Å². The monoisotopic (exact) mass is 406 g/mol. The lowest BCUT2D eigenvalue weighted by Crippen LogP contribution is -2.61. The molecule has 0 bridgehead atoms. The third-order valence-electron chi connectivity index (χ3n) is 5.23. The molecular formula is C16H22O12. The molecule has 2 aliphatic heterocycles. The van der Waals surface area contributed by atoms with Crippen LogP contribution in [-0.2, 0) is 28.5 Å². The Kier molecular flexibility index (Phi) is 5.76. The first kappa shape index (κ1) is 21.1. The van der Waals surface area contributed by atoms with Crippen molar-refractivity contribution in [2.75, 3.05) is 13.7 Å². The van der Waals surface area contributed by atoms with Crippen LogP contribution in [0.15, 0.2) is 11.8 Å². The van der Waals surface area contributed by atoms with E-state index in [1.54, 1.807) is 0 Å². The molecule has 3 aliphatic rings. The van der Waals surface area contributed by atoms with Gasteiger partial charge in [-0.05, 0) is 0 Å². The summed E-state index contributed by atoms with van der Waals surface area (Å²) in [6.07, 6.45) is -10.9. The van der Waals surface area contributed by atoms with Crippen molar-refractivity contribution < 1.29 is 59.2 Å². The van der Waals surface area contributed by atoms with E-state index < -0.39 is 85.0 Å². The van der Waals surface area contributed by atoms with Gasteiger partial charge in [0.25, 0.3) is 0 Å². The molecule has 1 saturated heterocycles. The maximum Gasteiger partial charge on any atom is 0.339 e. The van der Waals surface area contributed by atoms with Gasteiger partial charge in [0.05, 0.1) is 20.0 Å². The SMILES string of the molecule is COC(=O)C1=COC(OC2OC(CO)C(O)C(O)C2O)C2C(=O)C(O)CC12O. The van der Waals surface area contributed by atoms with Crippen molar-refractivity contribution in [3.8, 4) is 0 Å². The van der Waals surface area contributed by atoms with Gasteiger partial charge in [-0.2, -0.15) is 0 Å². The number of carbonyl (C=O) groups is 2. The van der Waals surface area contributed by atoms with Gasteiger partial charge >= 0.3 is 5.97 Å². The van der Waals surface area contributed by atoms with Crippen molar-refractivity contribution in [3.05, 3.63) is 11.8 Å². The summed E-state index contributed by atoms with van der Waals surface area (Å²) in [6, 6.07) is 0. The molecule has 0 spiro atoms. The van der Waals surface area contributed by atoms with Crippen LogP contribution in [0.25, 0.3) is 0 Å². The number of ketones is 1. The van der Waals surface area contributed by atoms with Crippen molar-refractivity contribution in [3.63, 3.8) is 0 Å². The van der Waals surface area contributed by atoms with Crippen LogP contribution in [0.2, 0.25) is 0 Å². The molecule has 28 heavy (non-hydrogen) atoms. The van der Waals surface area contributed by atoms with Crippen LogP contribution in [-0.4, -0.2) is 105 Å². The molecule has 0 aromatic carbocycles. The molecule has 2 heterocycles. The zero-order chi connectivity index (χ0) is 20.8. The average Bonchev–Trinajstić information content (AvgIpc) is 2.91. The average molecular weight is 406 g/mol. The van der Waals surface area contributed by atoms with E-state index in [9.17, 15) is 40.2 Å². The van der Waals surface area contributed by atoms with E-state index in [0.717, 1.165) is 13.4 Å². The molecule has 0 aromatic rings. The van der Waals surface area contributed by atoms with Crippen LogP contribution >= 0.6 is 0 Å². The van der Waals surface area contributed by atoms with Gasteiger partial charge in [-0.25, -0.2) is 4.79 Å². The molecule has 158 valence electrons. The number of esters is 1. The summed E-state index contributed by atoms with van der Waals surface area (Å²) < 4.78 is 20.4. The van der Waals surface area contributed by atoms with Gasteiger partial charge < -0.3 is 49.6 Å². The maximum absolute atomic E-state index is 12.4. The number of aliphatic hydroxyl groups excluding tert-OH is 5. The molecule has 0 amide bonds. The van der Waals surface area contributed by atoms with E-state index in [-0.39, 0.29) is 0 Å². The topological polar surface area (TPSA) is 192 Å². The number of fused-ring (bicyclic) bond motifs is 1. The van der Waals surface area contributed by atoms with Gasteiger partial charge in [-0.3, -0.25) is 4.79 Å². The molecule has 2 fully saturated rings. The first-order valence-electron chi connectivity index (χ1n) is 8.50. The number of hydrogen-bond donors (Lipinski definition) is 6. The van der Waals surface area contributed by atoms with Crippen LogP contribution in [0.5, 0.6) is 0 Å². The quantitative estimate of drug-likeness (QED) is 0.248. The highest BCUT2D eigenvalue weighted by Gasteiger charge is 2.63. The number of ether oxygens (including phenoxy) is 4. The maximum atomic E-state index is 12.4. The van der Waals surface area contributed by atoms with Crippen molar-refractivity contribution in [1.82, 2.24) is 0 Å². The fourth-order valence-electron chi connectivity index (χ4n) is 3.67. The second-order valence-corrected chi connectivity index (χ2v) is 6.89. The molecular weight excluding hydrogens is 384 g/mol. The largest absolute Gasteiger partial charge is 0.471 e. The van der Waals surface area contributed by atoms with Crippen LogP contribution in [0.3, 0.4) is 0 Å². The first-order valence-corrected chi connectivity index (χ1v) is 8.50. The molecule has 3 rings (SSSR count). The number of hydrogen-bond acceptors (Lipinski definition) is 12. The first-order chi connectivity index (χ1) is 13.2. The summed E-state index contributed by atoms with van der Waals surface area (Å²) >= 11 is 0. The van der Waals surface area contributed by atoms with Crippen molar-refractivity contribution in [2.24, 2.45) is 5.92 Å². The number of rotatable bonds is 4. The normalized spacial score (nSPS) is 45.8. The van der Waals surface area contributed by atoms with Gasteiger partial charge in [0.2, 0.25) is 6.29 Å². The predicted molar refractivity (Wildman–Crippen MR) is 83.9 cm³/mol. The van der Waals surface area contributed by atoms with E-state index in [1.807, 2.05) is 0 Å². The van der Waals surface area contributed by atoms with E-state index in [2.05, 4.69) is 4.74 Å². The summed E-state index contributed by atoms with van der Waals surface area (Å²) in [5.41, 5.74) is -2.54. The highest BCUT2D eigenvalue weighted by molar-refractivity contribution is 5.97. The molecule has 6 N–H and O–H groups in total. The zero-order valence-corrected chi connectivity index (χ0v) is 14.7. The third kappa shape index (κ3) is 3.21. The molecule has 12 nitrogen and oxygen atoms in total. The van der Waals surface area contributed by atoms with Crippen LogP contribution in [0.4, 0.5) is 0 Å². The van der Waals surface area contributed by atoms with Crippen LogP contribution < -0.4 is 0 Å². The van der Waals surface area contributed by atoms with E-state index in [1.165, 1.54) is 0 Å². The van der Waals surface area contributed by atoms with Crippen LogP contribution in [0, 0.1) is 5.92 Å². The third-order valence-corrected chi connectivity index (χ3v) is 5.23. The second kappa shape index (κ2) is 7.65. The summed E-state index contributed by atoms with van der Waals surface area (Å²) in [4.78, 5) is 24.3. The molecule has 0 aromatic heterocycles.